The van der Waals surface area contributed by atoms with E-state index in [0.717, 1.165) is 5.56 Å². The third-order valence-electron chi connectivity index (χ3n) is 2.05. The second-order valence-corrected chi connectivity index (χ2v) is 3.22. The lowest BCUT2D eigenvalue weighted by Gasteiger charge is -2.02. The molecule has 0 N–H and O–H groups in total. The molecule has 0 aliphatic heterocycles. The van der Waals surface area contributed by atoms with Crippen molar-refractivity contribution in [2.45, 2.75) is 13.8 Å². The van der Waals surface area contributed by atoms with Gasteiger partial charge in [0.15, 0.2) is 0 Å². The third kappa shape index (κ3) is 2.41. The summed E-state index contributed by atoms with van der Waals surface area (Å²) in [6, 6.07) is 5.26. The molecule has 0 radical (unpaired) electrons. The van der Waals surface area contributed by atoms with Crippen LogP contribution in [-0.2, 0) is 0 Å². The van der Waals surface area contributed by atoms with Crippen LogP contribution in [0.4, 0.5) is 5.69 Å². The molecule has 1 rings (SSSR count). The minimum atomic E-state index is -0.386. The monoisotopic (exact) mass is 202 g/mol. The highest BCUT2D eigenvalue weighted by Gasteiger charge is 2.14. The minimum Gasteiger partial charge on any atom is -0.258 e. The number of nitro groups is 1. The molecule has 0 spiro atoms. The zero-order valence-electron chi connectivity index (χ0n) is 8.52. The Morgan fingerprint density at radius 3 is 2.33 bits per heavy atom. The highest BCUT2D eigenvalue weighted by atomic mass is 16.6. The second kappa shape index (κ2) is 4.38. The van der Waals surface area contributed by atoms with Gasteiger partial charge in [0.25, 0.3) is 5.69 Å². The summed E-state index contributed by atoms with van der Waals surface area (Å²) in [6.07, 6.45) is 2.98. The summed E-state index contributed by atoms with van der Waals surface area (Å²) in [4.78, 5) is 10.3. The predicted octanol–water partition coefficient (Wildman–Crippen LogP) is 2.75. The molecule has 0 aliphatic rings. The van der Waals surface area contributed by atoms with Gasteiger partial charge in [-0.2, -0.15) is 5.26 Å². The van der Waals surface area contributed by atoms with Crippen LogP contribution in [0.2, 0.25) is 0 Å². The van der Waals surface area contributed by atoms with E-state index >= 15 is 0 Å². The Balaban J connectivity index is 3.27. The summed E-state index contributed by atoms with van der Waals surface area (Å²) < 4.78 is 0. The fraction of sp³-hybridized carbons (Fsp3) is 0.182. The maximum atomic E-state index is 10.7. The van der Waals surface area contributed by atoms with E-state index in [0.29, 0.717) is 11.1 Å². The molecule has 0 aliphatic carbocycles. The molecule has 0 unspecified atom stereocenters. The van der Waals surface area contributed by atoms with Gasteiger partial charge in [0.2, 0.25) is 0 Å². The number of nitrogens with zero attached hydrogens (tertiary/aromatic N) is 2. The molecule has 76 valence electrons. The van der Waals surface area contributed by atoms with Gasteiger partial charge in [-0.1, -0.05) is 0 Å². The first-order valence-electron chi connectivity index (χ1n) is 4.38. The van der Waals surface area contributed by atoms with Crippen LogP contribution < -0.4 is 0 Å². The van der Waals surface area contributed by atoms with Gasteiger partial charge in [-0.15, -0.1) is 0 Å². The molecule has 0 bridgehead atoms. The number of allylic oxidation sites excluding steroid dienone is 1. The molecule has 0 atom stereocenters. The first-order chi connectivity index (χ1) is 7.06. The largest absolute Gasteiger partial charge is 0.275 e. The summed E-state index contributed by atoms with van der Waals surface area (Å²) in [5.74, 6) is 0. The van der Waals surface area contributed by atoms with E-state index in [4.69, 9.17) is 5.26 Å². The molecule has 0 fully saturated rings. The van der Waals surface area contributed by atoms with E-state index in [9.17, 15) is 10.1 Å². The molecule has 0 saturated carbocycles. The standard InChI is InChI=1S/C11H10N2O2/c1-8-6-10(4-3-5-12)7-9(2)11(8)13(14)15/h3-4,6-7H,1-2H3/b4-3-. The van der Waals surface area contributed by atoms with Crippen LogP contribution in [0.15, 0.2) is 18.2 Å². The van der Waals surface area contributed by atoms with E-state index in [2.05, 4.69) is 0 Å². The van der Waals surface area contributed by atoms with Crippen molar-refractivity contribution >= 4 is 11.8 Å². The number of rotatable bonds is 2. The number of nitriles is 1. The molecule has 0 saturated heterocycles. The maximum Gasteiger partial charge on any atom is 0.275 e. The molecule has 4 heteroatoms. The first-order valence-corrected chi connectivity index (χ1v) is 4.38. The Labute approximate surface area is 87.6 Å². The summed E-state index contributed by atoms with van der Waals surface area (Å²) in [6.45, 7) is 3.38. The molecule has 1 aromatic carbocycles. The van der Waals surface area contributed by atoms with E-state index in [1.54, 1.807) is 32.1 Å². The van der Waals surface area contributed by atoms with Crippen LogP contribution in [0, 0.1) is 35.3 Å². The maximum absolute atomic E-state index is 10.7. The summed E-state index contributed by atoms with van der Waals surface area (Å²) in [5.41, 5.74) is 2.16. The molecule has 0 aromatic heterocycles. The summed E-state index contributed by atoms with van der Waals surface area (Å²) >= 11 is 0. The van der Waals surface area contributed by atoms with Crippen LogP contribution in [-0.4, -0.2) is 4.92 Å². The van der Waals surface area contributed by atoms with Crippen molar-refractivity contribution in [2.24, 2.45) is 0 Å². The molecule has 1 aromatic rings. The zero-order chi connectivity index (χ0) is 11.4. The Morgan fingerprint density at radius 1 is 1.40 bits per heavy atom. The number of aryl methyl sites for hydroxylation is 2. The van der Waals surface area contributed by atoms with E-state index in [1.165, 1.54) is 6.08 Å². The van der Waals surface area contributed by atoms with Crippen molar-refractivity contribution in [3.8, 4) is 6.07 Å². The lowest BCUT2D eigenvalue weighted by molar-refractivity contribution is -0.386. The number of hydrogen-bond acceptors (Lipinski definition) is 3. The van der Waals surface area contributed by atoms with Gasteiger partial charge in [0, 0.05) is 17.2 Å². The van der Waals surface area contributed by atoms with Gasteiger partial charge in [-0.3, -0.25) is 10.1 Å². The van der Waals surface area contributed by atoms with Crippen molar-refractivity contribution < 1.29 is 4.92 Å². The van der Waals surface area contributed by atoms with Crippen LogP contribution in [0.5, 0.6) is 0 Å². The predicted molar refractivity (Wildman–Crippen MR) is 57.2 cm³/mol. The highest BCUT2D eigenvalue weighted by Crippen LogP contribution is 2.24. The topological polar surface area (TPSA) is 66.9 Å². The van der Waals surface area contributed by atoms with Crippen molar-refractivity contribution in [3.05, 3.63) is 45.0 Å². The Morgan fingerprint density at radius 2 is 1.93 bits per heavy atom. The van der Waals surface area contributed by atoms with E-state index < -0.39 is 0 Å². The Hall–Kier alpha value is -2.15. The fourth-order valence-electron chi connectivity index (χ4n) is 1.51. The van der Waals surface area contributed by atoms with Crippen molar-refractivity contribution in [3.63, 3.8) is 0 Å². The van der Waals surface area contributed by atoms with Gasteiger partial charge in [0.05, 0.1) is 11.0 Å². The molecule has 4 nitrogen and oxygen atoms in total. The van der Waals surface area contributed by atoms with Crippen LogP contribution in [0.3, 0.4) is 0 Å². The molecule has 0 heterocycles. The molecule has 0 amide bonds. The number of benzene rings is 1. The first kappa shape index (κ1) is 10.9. The van der Waals surface area contributed by atoms with Gasteiger partial charge >= 0.3 is 0 Å². The average molecular weight is 202 g/mol. The normalized spacial score (nSPS) is 10.2. The second-order valence-electron chi connectivity index (χ2n) is 3.22. The van der Waals surface area contributed by atoms with Crippen LogP contribution >= 0.6 is 0 Å². The Bertz CT molecular complexity index is 447. The third-order valence-corrected chi connectivity index (χ3v) is 2.05. The lowest BCUT2D eigenvalue weighted by atomic mass is 10.0. The van der Waals surface area contributed by atoms with Crippen LogP contribution in [0.1, 0.15) is 16.7 Å². The fourth-order valence-corrected chi connectivity index (χ4v) is 1.51. The SMILES string of the molecule is Cc1cc(/C=C\C#N)cc(C)c1[N+](=O)[O-]. The smallest absolute Gasteiger partial charge is 0.258 e. The van der Waals surface area contributed by atoms with Gasteiger partial charge in [-0.05, 0) is 37.6 Å². The molecular weight excluding hydrogens is 192 g/mol. The van der Waals surface area contributed by atoms with E-state index in [-0.39, 0.29) is 10.6 Å². The van der Waals surface area contributed by atoms with Crippen molar-refractivity contribution in [2.75, 3.05) is 0 Å². The minimum absolute atomic E-state index is 0.143. The van der Waals surface area contributed by atoms with Gasteiger partial charge in [0.1, 0.15) is 0 Å². The number of hydrogen-bond donors (Lipinski definition) is 0. The van der Waals surface area contributed by atoms with Crippen molar-refractivity contribution in [1.29, 1.82) is 5.26 Å². The summed E-state index contributed by atoms with van der Waals surface area (Å²) in [7, 11) is 0. The van der Waals surface area contributed by atoms with E-state index in [1.807, 2.05) is 6.07 Å². The Kier molecular flexibility index (Phi) is 3.19. The molecule has 15 heavy (non-hydrogen) atoms. The van der Waals surface area contributed by atoms with Crippen LogP contribution in [0.25, 0.3) is 6.08 Å². The number of nitro benzene ring substituents is 1. The highest BCUT2D eigenvalue weighted by molar-refractivity contribution is 5.59. The lowest BCUT2D eigenvalue weighted by Crippen LogP contribution is -1.95. The quantitative estimate of drug-likeness (QED) is 0.420. The van der Waals surface area contributed by atoms with Gasteiger partial charge < -0.3 is 0 Å². The molecular formula is C11H10N2O2. The van der Waals surface area contributed by atoms with Crippen molar-refractivity contribution in [1.82, 2.24) is 0 Å². The average Bonchev–Trinajstić information content (AvgIpc) is 2.12. The zero-order valence-corrected chi connectivity index (χ0v) is 8.52. The van der Waals surface area contributed by atoms with Gasteiger partial charge in [-0.25, -0.2) is 0 Å². The summed E-state index contributed by atoms with van der Waals surface area (Å²) in [5, 5.41) is 19.1.